The largest absolute Gasteiger partial charge is 0.379 e. The number of amides is 1. The van der Waals surface area contributed by atoms with Crippen molar-refractivity contribution >= 4 is 11.6 Å². The molecule has 1 aromatic heterocycles. The van der Waals surface area contributed by atoms with Crippen molar-refractivity contribution in [3.05, 3.63) is 47.3 Å². The standard InChI is InChI=1S/C21H28N4O2/c1-15(2)18-12-20(23(3)22-18)21(26)25-14-16(13-24-8-10-27-11-9-24)17-6-4-5-7-19(17)25/h4-7,12,15-16H,8-11,13-14H2,1-3H3/t16-/m1/s1. The molecule has 0 bridgehead atoms. The van der Waals surface area contributed by atoms with Crippen LogP contribution in [0.3, 0.4) is 0 Å². The number of rotatable bonds is 4. The van der Waals surface area contributed by atoms with Gasteiger partial charge in [0.2, 0.25) is 0 Å². The highest BCUT2D eigenvalue weighted by atomic mass is 16.5. The van der Waals surface area contributed by atoms with E-state index in [1.54, 1.807) is 4.68 Å². The van der Waals surface area contributed by atoms with Crippen molar-refractivity contribution in [2.75, 3.05) is 44.3 Å². The molecular formula is C21H28N4O2. The van der Waals surface area contributed by atoms with Gasteiger partial charge in [0.15, 0.2) is 0 Å². The van der Waals surface area contributed by atoms with E-state index in [0.29, 0.717) is 17.5 Å². The summed E-state index contributed by atoms with van der Waals surface area (Å²) >= 11 is 0. The third-order valence-electron chi connectivity index (χ3n) is 5.61. The summed E-state index contributed by atoms with van der Waals surface area (Å²) in [5, 5.41) is 4.52. The Morgan fingerprint density at radius 3 is 2.70 bits per heavy atom. The van der Waals surface area contributed by atoms with Crippen LogP contribution in [0.4, 0.5) is 5.69 Å². The van der Waals surface area contributed by atoms with Gasteiger partial charge in [-0.15, -0.1) is 0 Å². The summed E-state index contributed by atoms with van der Waals surface area (Å²) in [6.07, 6.45) is 0. The van der Waals surface area contributed by atoms with Crippen molar-refractivity contribution in [3.63, 3.8) is 0 Å². The van der Waals surface area contributed by atoms with Crippen molar-refractivity contribution in [3.8, 4) is 0 Å². The Kier molecular flexibility index (Phi) is 5.02. The Labute approximate surface area is 160 Å². The zero-order valence-corrected chi connectivity index (χ0v) is 16.4. The van der Waals surface area contributed by atoms with Gasteiger partial charge in [-0.3, -0.25) is 14.4 Å². The summed E-state index contributed by atoms with van der Waals surface area (Å²) in [6.45, 7) is 9.40. The molecule has 0 spiro atoms. The molecular weight excluding hydrogens is 340 g/mol. The maximum absolute atomic E-state index is 13.3. The summed E-state index contributed by atoms with van der Waals surface area (Å²) in [4.78, 5) is 17.7. The molecule has 1 aromatic carbocycles. The van der Waals surface area contributed by atoms with Crippen molar-refractivity contribution in [2.45, 2.75) is 25.7 Å². The Morgan fingerprint density at radius 1 is 1.26 bits per heavy atom. The minimum Gasteiger partial charge on any atom is -0.379 e. The van der Waals surface area contributed by atoms with Gasteiger partial charge in [-0.05, 0) is 23.6 Å². The first-order chi connectivity index (χ1) is 13.0. The molecule has 3 heterocycles. The highest BCUT2D eigenvalue weighted by Gasteiger charge is 2.35. The summed E-state index contributed by atoms with van der Waals surface area (Å²) in [6, 6.07) is 10.2. The first-order valence-corrected chi connectivity index (χ1v) is 9.79. The van der Waals surface area contributed by atoms with Gasteiger partial charge in [0.1, 0.15) is 5.69 Å². The van der Waals surface area contributed by atoms with E-state index in [9.17, 15) is 4.79 Å². The van der Waals surface area contributed by atoms with Crippen molar-refractivity contribution in [2.24, 2.45) is 7.05 Å². The number of carbonyl (C=O) groups excluding carboxylic acids is 1. The molecule has 2 aliphatic rings. The summed E-state index contributed by atoms with van der Waals surface area (Å²) < 4.78 is 7.19. The summed E-state index contributed by atoms with van der Waals surface area (Å²) in [7, 11) is 1.85. The third-order valence-corrected chi connectivity index (χ3v) is 5.61. The van der Waals surface area contributed by atoms with Crippen molar-refractivity contribution in [1.29, 1.82) is 0 Å². The number of para-hydroxylation sites is 1. The minimum atomic E-state index is 0.0360. The number of carbonyl (C=O) groups is 1. The lowest BCUT2D eigenvalue weighted by molar-refractivity contribution is 0.0356. The molecule has 0 N–H and O–H groups in total. The first kappa shape index (κ1) is 18.2. The molecule has 4 rings (SSSR count). The number of aromatic nitrogens is 2. The van der Waals surface area contributed by atoms with Gasteiger partial charge in [0, 0.05) is 44.8 Å². The second kappa shape index (κ2) is 7.44. The first-order valence-electron chi connectivity index (χ1n) is 9.79. The second-order valence-corrected chi connectivity index (χ2v) is 7.82. The Bertz CT molecular complexity index is 823. The number of anilines is 1. The monoisotopic (exact) mass is 368 g/mol. The van der Waals surface area contributed by atoms with E-state index in [0.717, 1.165) is 50.8 Å². The van der Waals surface area contributed by atoms with Crippen molar-refractivity contribution in [1.82, 2.24) is 14.7 Å². The second-order valence-electron chi connectivity index (χ2n) is 7.82. The molecule has 6 nitrogen and oxygen atoms in total. The summed E-state index contributed by atoms with van der Waals surface area (Å²) in [5.41, 5.74) is 3.91. The minimum absolute atomic E-state index is 0.0360. The number of nitrogens with zero attached hydrogens (tertiary/aromatic N) is 4. The molecule has 0 unspecified atom stereocenters. The SMILES string of the molecule is CC(C)c1cc(C(=O)N2C[C@@H](CN3CCOCC3)c3ccccc32)n(C)n1. The molecule has 1 amide bonds. The van der Waals surface area contributed by atoms with E-state index < -0.39 is 0 Å². The third kappa shape index (κ3) is 3.51. The smallest absolute Gasteiger partial charge is 0.276 e. The van der Waals surface area contributed by atoms with Crippen LogP contribution in [0.2, 0.25) is 0 Å². The molecule has 2 aliphatic heterocycles. The van der Waals surface area contributed by atoms with Crippen LogP contribution < -0.4 is 4.90 Å². The van der Waals surface area contributed by atoms with Gasteiger partial charge in [0.25, 0.3) is 5.91 Å². The van der Waals surface area contributed by atoms with Gasteiger partial charge >= 0.3 is 0 Å². The number of benzene rings is 1. The number of hydrogen-bond acceptors (Lipinski definition) is 4. The van der Waals surface area contributed by atoms with Gasteiger partial charge in [-0.1, -0.05) is 32.0 Å². The highest BCUT2D eigenvalue weighted by Crippen LogP contribution is 2.37. The number of hydrogen-bond donors (Lipinski definition) is 0. The predicted octanol–water partition coefficient (Wildman–Crippen LogP) is 2.62. The quantitative estimate of drug-likeness (QED) is 0.832. The van der Waals surface area contributed by atoms with Crippen LogP contribution in [0, 0.1) is 0 Å². The lowest BCUT2D eigenvalue weighted by atomic mass is 10.0. The zero-order chi connectivity index (χ0) is 19.0. The molecule has 0 radical (unpaired) electrons. The fourth-order valence-corrected chi connectivity index (χ4v) is 4.05. The number of ether oxygens (including phenoxy) is 1. The Hall–Kier alpha value is -2.18. The fourth-order valence-electron chi connectivity index (χ4n) is 4.05. The molecule has 6 heteroatoms. The van der Waals surface area contributed by atoms with Crippen LogP contribution >= 0.6 is 0 Å². The molecule has 0 saturated carbocycles. The molecule has 1 atom stereocenters. The van der Waals surface area contributed by atoms with E-state index in [4.69, 9.17) is 4.74 Å². The lowest BCUT2D eigenvalue weighted by Gasteiger charge is -2.29. The van der Waals surface area contributed by atoms with E-state index >= 15 is 0 Å². The average Bonchev–Trinajstić information content (AvgIpc) is 3.24. The molecule has 0 aliphatic carbocycles. The maximum Gasteiger partial charge on any atom is 0.276 e. The maximum atomic E-state index is 13.3. The fraction of sp³-hybridized carbons (Fsp3) is 0.524. The molecule has 144 valence electrons. The van der Waals surface area contributed by atoms with Crippen LogP contribution in [-0.2, 0) is 11.8 Å². The Balaban J connectivity index is 1.59. The van der Waals surface area contributed by atoms with Crippen LogP contribution in [-0.4, -0.2) is 60.0 Å². The predicted molar refractivity (Wildman–Crippen MR) is 105 cm³/mol. The molecule has 27 heavy (non-hydrogen) atoms. The van der Waals surface area contributed by atoms with E-state index in [1.807, 2.05) is 24.1 Å². The van der Waals surface area contributed by atoms with E-state index in [-0.39, 0.29) is 5.91 Å². The normalized spacial score (nSPS) is 20.3. The lowest BCUT2D eigenvalue weighted by Crippen LogP contribution is -2.40. The van der Waals surface area contributed by atoms with Crippen LogP contribution in [0.5, 0.6) is 0 Å². The average molecular weight is 368 g/mol. The number of morpholine rings is 1. The van der Waals surface area contributed by atoms with Crippen LogP contribution in [0.1, 0.15) is 47.4 Å². The van der Waals surface area contributed by atoms with Crippen LogP contribution in [0.25, 0.3) is 0 Å². The van der Waals surface area contributed by atoms with Crippen molar-refractivity contribution < 1.29 is 9.53 Å². The molecule has 1 fully saturated rings. The van der Waals surface area contributed by atoms with Crippen LogP contribution in [0.15, 0.2) is 30.3 Å². The topological polar surface area (TPSA) is 50.6 Å². The van der Waals surface area contributed by atoms with Gasteiger partial charge < -0.3 is 9.64 Å². The summed E-state index contributed by atoms with van der Waals surface area (Å²) in [5.74, 6) is 0.674. The van der Waals surface area contributed by atoms with E-state index in [2.05, 4.69) is 42.0 Å². The molecule has 1 saturated heterocycles. The number of fused-ring (bicyclic) bond motifs is 1. The van der Waals surface area contributed by atoms with Gasteiger partial charge in [0.05, 0.1) is 18.9 Å². The highest BCUT2D eigenvalue weighted by molar-refractivity contribution is 6.06. The van der Waals surface area contributed by atoms with Gasteiger partial charge in [-0.25, -0.2) is 0 Å². The van der Waals surface area contributed by atoms with Gasteiger partial charge in [-0.2, -0.15) is 5.10 Å². The molecule has 2 aromatic rings. The Morgan fingerprint density at radius 2 is 2.00 bits per heavy atom. The number of aryl methyl sites for hydroxylation is 1. The van der Waals surface area contributed by atoms with E-state index in [1.165, 1.54) is 5.56 Å². The zero-order valence-electron chi connectivity index (χ0n) is 16.4.